The van der Waals surface area contributed by atoms with Gasteiger partial charge in [0.1, 0.15) is 0 Å². The lowest BCUT2D eigenvalue weighted by atomic mass is 10.00. The second kappa shape index (κ2) is 10.8. The van der Waals surface area contributed by atoms with Gasteiger partial charge in [-0.3, -0.25) is 4.90 Å². The van der Waals surface area contributed by atoms with E-state index in [1.165, 1.54) is 5.56 Å². The Bertz CT molecular complexity index is 1250. The molecule has 0 bridgehead atoms. The minimum absolute atomic E-state index is 0.451. The van der Waals surface area contributed by atoms with Crippen molar-refractivity contribution >= 4 is 21.8 Å². The van der Waals surface area contributed by atoms with Crippen LogP contribution in [0.25, 0.3) is 11.4 Å². The molecule has 0 saturated carbocycles. The second-order valence-electron chi connectivity index (χ2n) is 9.35. The van der Waals surface area contributed by atoms with Crippen LogP contribution in [0.1, 0.15) is 36.8 Å². The molecule has 1 saturated heterocycles. The SMILES string of the molecule is Cn1c(SCCCN2CCc3ccc(S(=O)(=O)N4CCCCC4)cc3C2)nnc1-c1ccccc1. The van der Waals surface area contributed by atoms with Crippen LogP contribution in [0.4, 0.5) is 0 Å². The number of aromatic nitrogens is 3. The Hall–Kier alpha value is -2.20. The zero-order chi connectivity index (χ0) is 24.3. The third-order valence-electron chi connectivity index (χ3n) is 6.94. The van der Waals surface area contributed by atoms with Gasteiger partial charge in [-0.15, -0.1) is 10.2 Å². The molecule has 2 aromatic carbocycles. The molecule has 0 aliphatic carbocycles. The highest BCUT2D eigenvalue weighted by molar-refractivity contribution is 7.99. The Kier molecular flexibility index (Phi) is 7.57. The Morgan fingerprint density at radius 1 is 0.943 bits per heavy atom. The number of nitrogens with zero attached hydrogens (tertiary/aromatic N) is 5. The summed E-state index contributed by atoms with van der Waals surface area (Å²) in [6.45, 7) is 4.09. The van der Waals surface area contributed by atoms with Crippen LogP contribution in [0, 0.1) is 0 Å². The molecule has 0 radical (unpaired) electrons. The van der Waals surface area contributed by atoms with Gasteiger partial charge in [-0.25, -0.2) is 8.42 Å². The lowest BCUT2D eigenvalue weighted by Gasteiger charge is -2.30. The van der Waals surface area contributed by atoms with Gasteiger partial charge in [-0.1, -0.05) is 54.6 Å². The zero-order valence-electron chi connectivity index (χ0n) is 20.3. The van der Waals surface area contributed by atoms with E-state index in [-0.39, 0.29) is 0 Å². The van der Waals surface area contributed by atoms with E-state index in [0.717, 1.165) is 79.6 Å². The predicted molar refractivity (Wildman–Crippen MR) is 140 cm³/mol. The van der Waals surface area contributed by atoms with E-state index in [1.807, 2.05) is 37.4 Å². The lowest BCUT2D eigenvalue weighted by Crippen LogP contribution is -2.36. The standard InChI is InChI=1S/C26H33N5O2S2/c1-29-25(22-9-4-2-5-10-22)27-28-26(29)34-18-8-14-30-17-13-21-11-12-24(19-23(21)20-30)35(32,33)31-15-6-3-7-16-31/h2,4-5,9-12,19H,3,6-8,13-18,20H2,1H3. The zero-order valence-corrected chi connectivity index (χ0v) is 21.9. The van der Waals surface area contributed by atoms with Crippen molar-refractivity contribution in [1.29, 1.82) is 0 Å². The first-order valence-electron chi connectivity index (χ1n) is 12.4. The van der Waals surface area contributed by atoms with E-state index in [1.54, 1.807) is 22.1 Å². The molecule has 0 spiro atoms. The Morgan fingerprint density at radius 3 is 2.54 bits per heavy atom. The summed E-state index contributed by atoms with van der Waals surface area (Å²) < 4.78 is 29.9. The summed E-state index contributed by atoms with van der Waals surface area (Å²) in [4.78, 5) is 2.89. The summed E-state index contributed by atoms with van der Waals surface area (Å²) in [5.74, 6) is 1.85. The van der Waals surface area contributed by atoms with Crippen molar-refractivity contribution in [2.45, 2.75) is 48.7 Å². The van der Waals surface area contributed by atoms with Crippen LogP contribution in [-0.2, 0) is 30.0 Å². The van der Waals surface area contributed by atoms with Crippen molar-refractivity contribution in [3.63, 3.8) is 0 Å². The normalized spacial score (nSPS) is 17.4. The lowest BCUT2D eigenvalue weighted by molar-refractivity contribution is 0.255. The van der Waals surface area contributed by atoms with Crippen LogP contribution in [0.3, 0.4) is 0 Å². The van der Waals surface area contributed by atoms with E-state index in [2.05, 4.69) is 31.8 Å². The molecular formula is C26H33N5O2S2. The number of hydrogen-bond donors (Lipinski definition) is 0. The van der Waals surface area contributed by atoms with Crippen LogP contribution in [-0.4, -0.2) is 64.3 Å². The van der Waals surface area contributed by atoms with E-state index < -0.39 is 10.0 Å². The average molecular weight is 512 g/mol. The second-order valence-corrected chi connectivity index (χ2v) is 12.4. The number of hydrogen-bond acceptors (Lipinski definition) is 6. The molecule has 0 unspecified atom stereocenters. The van der Waals surface area contributed by atoms with E-state index in [0.29, 0.717) is 18.0 Å². The minimum Gasteiger partial charge on any atom is -0.305 e. The summed E-state index contributed by atoms with van der Waals surface area (Å²) in [7, 11) is -1.37. The predicted octanol–water partition coefficient (Wildman–Crippen LogP) is 4.20. The molecule has 1 aromatic heterocycles. The van der Waals surface area contributed by atoms with Crippen molar-refractivity contribution in [1.82, 2.24) is 24.0 Å². The largest absolute Gasteiger partial charge is 0.305 e. The molecule has 5 rings (SSSR count). The van der Waals surface area contributed by atoms with Gasteiger partial charge in [0.25, 0.3) is 0 Å². The van der Waals surface area contributed by atoms with Crippen LogP contribution in [0.2, 0.25) is 0 Å². The average Bonchev–Trinajstić information content (AvgIpc) is 3.27. The van der Waals surface area contributed by atoms with Gasteiger partial charge in [-0.2, -0.15) is 4.31 Å². The molecule has 186 valence electrons. The molecule has 2 aliphatic heterocycles. The first-order chi connectivity index (χ1) is 17.0. The molecule has 9 heteroatoms. The van der Waals surface area contributed by atoms with Gasteiger partial charge in [0, 0.05) is 44.5 Å². The summed E-state index contributed by atoms with van der Waals surface area (Å²) in [6.07, 6.45) is 5.04. The summed E-state index contributed by atoms with van der Waals surface area (Å²) in [5, 5.41) is 9.68. The minimum atomic E-state index is -3.39. The van der Waals surface area contributed by atoms with Gasteiger partial charge in [0.05, 0.1) is 4.90 Å². The van der Waals surface area contributed by atoms with Crippen molar-refractivity contribution in [3.05, 3.63) is 59.7 Å². The van der Waals surface area contributed by atoms with Crippen molar-refractivity contribution in [3.8, 4) is 11.4 Å². The number of piperidine rings is 1. The smallest absolute Gasteiger partial charge is 0.243 e. The fourth-order valence-corrected chi connectivity index (χ4v) is 7.33. The van der Waals surface area contributed by atoms with Crippen LogP contribution in [0.5, 0.6) is 0 Å². The molecule has 3 aromatic rings. The third kappa shape index (κ3) is 5.48. The molecule has 0 N–H and O–H groups in total. The first kappa shape index (κ1) is 24.5. The Morgan fingerprint density at radius 2 is 1.74 bits per heavy atom. The van der Waals surface area contributed by atoms with Gasteiger partial charge in [0.2, 0.25) is 10.0 Å². The topological polar surface area (TPSA) is 71.3 Å². The highest BCUT2D eigenvalue weighted by Gasteiger charge is 2.27. The molecule has 35 heavy (non-hydrogen) atoms. The number of sulfonamides is 1. The van der Waals surface area contributed by atoms with Gasteiger partial charge >= 0.3 is 0 Å². The highest BCUT2D eigenvalue weighted by atomic mass is 32.2. The highest BCUT2D eigenvalue weighted by Crippen LogP contribution is 2.27. The Balaban J connectivity index is 1.16. The van der Waals surface area contributed by atoms with E-state index >= 15 is 0 Å². The molecular weight excluding hydrogens is 478 g/mol. The molecule has 7 nitrogen and oxygen atoms in total. The molecule has 3 heterocycles. The monoisotopic (exact) mass is 511 g/mol. The number of thioether (sulfide) groups is 1. The van der Waals surface area contributed by atoms with Crippen molar-refractivity contribution in [2.24, 2.45) is 7.05 Å². The maximum Gasteiger partial charge on any atom is 0.243 e. The summed E-state index contributed by atoms with van der Waals surface area (Å²) in [6, 6.07) is 15.9. The van der Waals surface area contributed by atoms with Crippen molar-refractivity contribution < 1.29 is 8.42 Å². The van der Waals surface area contributed by atoms with Gasteiger partial charge < -0.3 is 4.57 Å². The van der Waals surface area contributed by atoms with Crippen molar-refractivity contribution in [2.75, 3.05) is 31.9 Å². The number of rotatable bonds is 8. The fourth-order valence-electron chi connectivity index (χ4n) is 4.93. The quantitative estimate of drug-likeness (QED) is 0.334. The molecule has 2 aliphatic rings. The molecule has 1 fully saturated rings. The Labute approximate surface area is 212 Å². The first-order valence-corrected chi connectivity index (χ1v) is 14.9. The van der Waals surface area contributed by atoms with E-state index in [4.69, 9.17) is 0 Å². The number of fused-ring (bicyclic) bond motifs is 1. The summed E-state index contributed by atoms with van der Waals surface area (Å²) >= 11 is 1.74. The fraction of sp³-hybridized carbons (Fsp3) is 0.462. The maximum absolute atomic E-state index is 13.1. The number of benzene rings is 2. The van der Waals surface area contributed by atoms with Gasteiger partial charge in [-0.05, 0) is 55.5 Å². The van der Waals surface area contributed by atoms with Crippen LogP contribution in [0.15, 0.2) is 58.6 Å². The molecule has 0 amide bonds. The third-order valence-corrected chi connectivity index (χ3v) is 9.94. The van der Waals surface area contributed by atoms with Crippen LogP contribution >= 0.6 is 11.8 Å². The summed E-state index contributed by atoms with van der Waals surface area (Å²) in [5.41, 5.74) is 3.51. The molecule has 0 atom stereocenters. The van der Waals surface area contributed by atoms with Crippen LogP contribution < -0.4 is 0 Å². The van der Waals surface area contributed by atoms with E-state index in [9.17, 15) is 8.42 Å². The van der Waals surface area contributed by atoms with Gasteiger partial charge in [0.15, 0.2) is 11.0 Å². The maximum atomic E-state index is 13.1.